The molecule has 0 radical (unpaired) electrons. The zero-order chi connectivity index (χ0) is 28.1. The summed E-state index contributed by atoms with van der Waals surface area (Å²) in [5.74, 6) is -0.0802. The molecule has 40 heavy (non-hydrogen) atoms. The summed E-state index contributed by atoms with van der Waals surface area (Å²) in [6.45, 7) is 4.68. The quantitative estimate of drug-likeness (QED) is 0.299. The standard InChI is InChI=1S/C31H31FN4O4/c1-3-40-31(38)28-21-29(36(33-28)26-8-5-7-24(32)20-26)23-10-12-25(13-11-23)34-14-16-35(17-15-34)30(37)19-22-6-4-9-27(18-22)39-2/h4-13,18,20-21H,3,14-17,19H2,1-2H3. The molecule has 0 aliphatic carbocycles. The molecule has 0 unspecified atom stereocenters. The van der Waals surface area contributed by atoms with E-state index in [1.807, 2.05) is 53.4 Å². The van der Waals surface area contributed by atoms with Crippen LogP contribution in [0.2, 0.25) is 0 Å². The van der Waals surface area contributed by atoms with Crippen molar-refractivity contribution in [3.8, 4) is 22.7 Å². The number of carbonyl (C=O) groups is 2. The average Bonchev–Trinajstić information content (AvgIpc) is 3.43. The van der Waals surface area contributed by atoms with Crippen molar-refractivity contribution in [3.05, 3.63) is 95.9 Å². The highest BCUT2D eigenvalue weighted by atomic mass is 19.1. The second-order valence-electron chi connectivity index (χ2n) is 9.47. The molecule has 1 saturated heterocycles. The Bertz CT molecular complexity index is 1490. The summed E-state index contributed by atoms with van der Waals surface area (Å²) in [4.78, 5) is 29.4. The molecule has 9 heteroatoms. The molecule has 0 bridgehead atoms. The van der Waals surface area contributed by atoms with E-state index in [1.54, 1.807) is 36.9 Å². The van der Waals surface area contributed by atoms with Gasteiger partial charge in [0.15, 0.2) is 5.69 Å². The first-order valence-electron chi connectivity index (χ1n) is 13.2. The van der Waals surface area contributed by atoms with Gasteiger partial charge in [0.2, 0.25) is 5.91 Å². The number of rotatable bonds is 8. The predicted octanol–water partition coefficient (Wildman–Crippen LogP) is 4.76. The highest BCUT2D eigenvalue weighted by Gasteiger charge is 2.22. The van der Waals surface area contributed by atoms with Crippen LogP contribution in [0.1, 0.15) is 23.0 Å². The molecule has 1 aromatic heterocycles. The maximum absolute atomic E-state index is 14.0. The lowest BCUT2D eigenvalue weighted by Crippen LogP contribution is -2.49. The number of anilines is 1. The molecule has 206 valence electrons. The molecular weight excluding hydrogens is 511 g/mol. The zero-order valence-corrected chi connectivity index (χ0v) is 22.5. The number of halogens is 1. The summed E-state index contributed by atoms with van der Waals surface area (Å²) in [6, 6.07) is 23.3. The van der Waals surface area contributed by atoms with E-state index in [9.17, 15) is 14.0 Å². The van der Waals surface area contributed by atoms with Crippen LogP contribution in [-0.4, -0.2) is 66.5 Å². The number of methoxy groups -OCH3 is 1. The number of piperazine rings is 1. The highest BCUT2D eigenvalue weighted by molar-refractivity contribution is 5.89. The van der Waals surface area contributed by atoms with Crippen molar-refractivity contribution in [3.63, 3.8) is 0 Å². The molecule has 3 aromatic carbocycles. The van der Waals surface area contributed by atoms with Crippen LogP contribution in [0.25, 0.3) is 16.9 Å². The van der Waals surface area contributed by atoms with E-state index in [2.05, 4.69) is 10.00 Å². The van der Waals surface area contributed by atoms with E-state index in [0.29, 0.717) is 30.9 Å². The number of ether oxygens (including phenoxy) is 2. The maximum atomic E-state index is 14.0. The minimum absolute atomic E-state index is 0.103. The SMILES string of the molecule is CCOC(=O)c1cc(-c2ccc(N3CCN(C(=O)Cc4cccc(OC)c4)CC3)cc2)n(-c2cccc(F)c2)n1. The van der Waals surface area contributed by atoms with Gasteiger partial charge in [-0.15, -0.1) is 0 Å². The fourth-order valence-corrected chi connectivity index (χ4v) is 4.82. The Morgan fingerprint density at radius 3 is 2.35 bits per heavy atom. The summed E-state index contributed by atoms with van der Waals surface area (Å²) in [7, 11) is 1.62. The molecule has 1 aliphatic heterocycles. The van der Waals surface area contributed by atoms with Crippen molar-refractivity contribution in [2.24, 2.45) is 0 Å². The molecule has 4 aromatic rings. The van der Waals surface area contributed by atoms with Crippen molar-refractivity contribution < 1.29 is 23.5 Å². The van der Waals surface area contributed by atoms with Gasteiger partial charge in [-0.25, -0.2) is 13.9 Å². The van der Waals surface area contributed by atoms with Crippen LogP contribution in [0.5, 0.6) is 5.75 Å². The molecule has 0 saturated carbocycles. The zero-order valence-electron chi connectivity index (χ0n) is 22.5. The minimum atomic E-state index is -0.533. The first-order chi connectivity index (χ1) is 19.4. The lowest BCUT2D eigenvalue weighted by atomic mass is 10.1. The van der Waals surface area contributed by atoms with Crippen LogP contribution in [-0.2, 0) is 16.0 Å². The van der Waals surface area contributed by atoms with Gasteiger partial charge in [0.05, 0.1) is 31.5 Å². The molecule has 8 nitrogen and oxygen atoms in total. The van der Waals surface area contributed by atoms with Gasteiger partial charge in [0.1, 0.15) is 11.6 Å². The van der Waals surface area contributed by atoms with Gasteiger partial charge in [-0.05, 0) is 61.0 Å². The van der Waals surface area contributed by atoms with E-state index >= 15 is 0 Å². The molecule has 0 atom stereocenters. The second-order valence-corrected chi connectivity index (χ2v) is 9.47. The van der Waals surface area contributed by atoms with Crippen molar-refractivity contribution >= 4 is 17.6 Å². The Labute approximate surface area is 232 Å². The van der Waals surface area contributed by atoms with Crippen LogP contribution in [0, 0.1) is 5.82 Å². The number of esters is 1. The lowest BCUT2D eigenvalue weighted by molar-refractivity contribution is -0.130. The van der Waals surface area contributed by atoms with Crippen LogP contribution < -0.4 is 9.64 Å². The molecule has 5 rings (SSSR count). The van der Waals surface area contributed by atoms with Crippen molar-refractivity contribution in [1.29, 1.82) is 0 Å². The van der Waals surface area contributed by atoms with E-state index in [1.165, 1.54) is 12.1 Å². The number of carbonyl (C=O) groups excluding carboxylic acids is 2. The molecule has 1 fully saturated rings. The van der Waals surface area contributed by atoms with Crippen LogP contribution >= 0.6 is 0 Å². The largest absolute Gasteiger partial charge is 0.497 e. The Morgan fingerprint density at radius 2 is 1.65 bits per heavy atom. The van der Waals surface area contributed by atoms with Crippen LogP contribution in [0.3, 0.4) is 0 Å². The maximum Gasteiger partial charge on any atom is 0.358 e. The summed E-state index contributed by atoms with van der Waals surface area (Å²) < 4.78 is 25.9. The Balaban J connectivity index is 1.28. The number of amides is 1. The molecule has 0 spiro atoms. The van der Waals surface area contributed by atoms with E-state index in [0.717, 1.165) is 35.7 Å². The summed E-state index contributed by atoms with van der Waals surface area (Å²) in [5.41, 5.74) is 4.10. The second kappa shape index (κ2) is 12.0. The normalized spacial score (nSPS) is 13.3. The average molecular weight is 543 g/mol. The Hall–Kier alpha value is -4.66. The number of benzene rings is 3. The number of hydrogen-bond donors (Lipinski definition) is 0. The van der Waals surface area contributed by atoms with E-state index < -0.39 is 11.8 Å². The first kappa shape index (κ1) is 26.9. The van der Waals surface area contributed by atoms with Gasteiger partial charge in [-0.3, -0.25) is 4.79 Å². The van der Waals surface area contributed by atoms with Gasteiger partial charge in [-0.2, -0.15) is 5.10 Å². The third kappa shape index (κ3) is 5.98. The van der Waals surface area contributed by atoms with E-state index in [-0.39, 0.29) is 18.2 Å². The smallest absolute Gasteiger partial charge is 0.358 e. The van der Waals surface area contributed by atoms with Crippen molar-refractivity contribution in [1.82, 2.24) is 14.7 Å². The Kier molecular flexibility index (Phi) is 8.10. The number of nitrogens with zero attached hydrogens (tertiary/aromatic N) is 4. The lowest BCUT2D eigenvalue weighted by Gasteiger charge is -2.36. The third-order valence-electron chi connectivity index (χ3n) is 6.90. The van der Waals surface area contributed by atoms with Crippen molar-refractivity contribution in [2.45, 2.75) is 13.3 Å². The van der Waals surface area contributed by atoms with Crippen LogP contribution in [0.15, 0.2) is 78.9 Å². The van der Waals surface area contributed by atoms with Crippen LogP contribution in [0.4, 0.5) is 10.1 Å². The minimum Gasteiger partial charge on any atom is -0.497 e. The number of hydrogen-bond acceptors (Lipinski definition) is 6. The predicted molar refractivity (Wildman–Crippen MR) is 150 cm³/mol. The summed E-state index contributed by atoms with van der Waals surface area (Å²) in [5, 5.41) is 4.41. The van der Waals surface area contributed by atoms with Gasteiger partial charge < -0.3 is 19.3 Å². The molecule has 1 amide bonds. The van der Waals surface area contributed by atoms with Gasteiger partial charge in [-0.1, -0.05) is 30.3 Å². The van der Waals surface area contributed by atoms with E-state index in [4.69, 9.17) is 9.47 Å². The summed E-state index contributed by atoms with van der Waals surface area (Å²) in [6.07, 6.45) is 0.346. The van der Waals surface area contributed by atoms with Crippen molar-refractivity contribution in [2.75, 3.05) is 44.8 Å². The molecule has 2 heterocycles. The van der Waals surface area contributed by atoms with Gasteiger partial charge in [0.25, 0.3) is 0 Å². The monoisotopic (exact) mass is 542 g/mol. The number of aromatic nitrogens is 2. The summed E-state index contributed by atoms with van der Waals surface area (Å²) >= 11 is 0. The topological polar surface area (TPSA) is 76.9 Å². The molecular formula is C31H31FN4O4. The fraction of sp³-hybridized carbons (Fsp3) is 0.258. The van der Waals surface area contributed by atoms with Gasteiger partial charge >= 0.3 is 5.97 Å². The van der Waals surface area contributed by atoms with Gasteiger partial charge in [0, 0.05) is 37.4 Å². The first-order valence-corrected chi connectivity index (χ1v) is 13.2. The highest BCUT2D eigenvalue weighted by Crippen LogP contribution is 2.28. The third-order valence-corrected chi connectivity index (χ3v) is 6.90. The molecule has 1 aliphatic rings. The molecule has 0 N–H and O–H groups in total. The fourth-order valence-electron chi connectivity index (χ4n) is 4.82. The Morgan fingerprint density at radius 1 is 0.900 bits per heavy atom.